The Balaban J connectivity index is 2.34. The van der Waals surface area contributed by atoms with E-state index in [1.165, 1.54) is 6.07 Å². The van der Waals surface area contributed by atoms with E-state index in [-0.39, 0.29) is 5.57 Å². The van der Waals surface area contributed by atoms with E-state index in [4.69, 9.17) is 5.26 Å². The fourth-order valence-electron chi connectivity index (χ4n) is 2.36. The molecule has 1 N–H and O–H groups in total. The number of halogens is 2. The molecule has 0 aromatic heterocycles. The molecule has 1 aromatic rings. The summed E-state index contributed by atoms with van der Waals surface area (Å²) in [4.78, 5) is 0. The van der Waals surface area contributed by atoms with Gasteiger partial charge >= 0.3 is 0 Å². The lowest BCUT2D eigenvalue weighted by Crippen LogP contribution is -2.06. The van der Waals surface area contributed by atoms with Crippen LogP contribution in [0.5, 0.6) is 0 Å². The Morgan fingerprint density at radius 3 is 2.65 bits per heavy atom. The van der Waals surface area contributed by atoms with Crippen LogP contribution in [0.15, 0.2) is 30.4 Å². The van der Waals surface area contributed by atoms with E-state index in [0.29, 0.717) is 5.56 Å². The molecule has 2 nitrogen and oxygen atoms in total. The first-order valence-electron chi connectivity index (χ1n) is 5.15. The van der Waals surface area contributed by atoms with Crippen LogP contribution in [0.25, 0.3) is 0 Å². The van der Waals surface area contributed by atoms with Crippen molar-refractivity contribution in [3.63, 3.8) is 0 Å². The van der Waals surface area contributed by atoms with Gasteiger partial charge in [0.15, 0.2) is 11.6 Å². The fourth-order valence-corrected chi connectivity index (χ4v) is 2.36. The molecule has 2 rings (SSSR count). The standard InChI is InChI=1S/C13H11F2NO/c1-7(6-16)11-12(13(11,2)17)8-3-4-9(14)10(15)5-8/h3-5,11-12,17H,1H2,2H3. The molecule has 88 valence electrons. The molecule has 0 spiro atoms. The van der Waals surface area contributed by atoms with Gasteiger partial charge in [0.1, 0.15) is 0 Å². The van der Waals surface area contributed by atoms with Crippen LogP contribution in [-0.2, 0) is 0 Å². The van der Waals surface area contributed by atoms with Crippen molar-refractivity contribution in [2.45, 2.75) is 18.4 Å². The number of benzene rings is 1. The zero-order valence-electron chi connectivity index (χ0n) is 9.24. The summed E-state index contributed by atoms with van der Waals surface area (Å²) in [6, 6.07) is 5.38. The van der Waals surface area contributed by atoms with E-state index < -0.39 is 29.1 Å². The number of hydrogen-bond acceptors (Lipinski definition) is 2. The monoisotopic (exact) mass is 235 g/mol. The maximum Gasteiger partial charge on any atom is 0.159 e. The highest BCUT2D eigenvalue weighted by atomic mass is 19.2. The highest BCUT2D eigenvalue weighted by molar-refractivity contribution is 5.44. The molecule has 3 unspecified atom stereocenters. The van der Waals surface area contributed by atoms with Gasteiger partial charge in [-0.25, -0.2) is 8.78 Å². The predicted octanol–water partition coefficient (Wildman–Crippen LogP) is 2.51. The maximum absolute atomic E-state index is 13.1. The Morgan fingerprint density at radius 1 is 1.47 bits per heavy atom. The highest BCUT2D eigenvalue weighted by Gasteiger charge is 2.62. The molecule has 0 saturated heterocycles. The zero-order valence-corrected chi connectivity index (χ0v) is 9.24. The van der Waals surface area contributed by atoms with Gasteiger partial charge in [-0.05, 0) is 24.6 Å². The predicted molar refractivity (Wildman–Crippen MR) is 58.0 cm³/mol. The van der Waals surface area contributed by atoms with Crippen molar-refractivity contribution >= 4 is 0 Å². The number of rotatable bonds is 2. The summed E-state index contributed by atoms with van der Waals surface area (Å²) in [5, 5.41) is 18.8. The average molecular weight is 235 g/mol. The van der Waals surface area contributed by atoms with Gasteiger partial charge in [-0.1, -0.05) is 12.6 Å². The van der Waals surface area contributed by atoms with E-state index >= 15 is 0 Å². The highest BCUT2D eigenvalue weighted by Crippen LogP contribution is 2.60. The van der Waals surface area contributed by atoms with E-state index in [9.17, 15) is 13.9 Å². The Morgan fingerprint density at radius 2 is 2.12 bits per heavy atom. The van der Waals surface area contributed by atoms with Gasteiger partial charge in [-0.2, -0.15) is 5.26 Å². The second kappa shape index (κ2) is 3.64. The lowest BCUT2D eigenvalue weighted by molar-refractivity contribution is 0.153. The van der Waals surface area contributed by atoms with Crippen molar-refractivity contribution in [2.24, 2.45) is 5.92 Å². The Kier molecular flexibility index (Phi) is 2.52. The number of nitrogens with zero attached hydrogens (tertiary/aromatic N) is 1. The van der Waals surface area contributed by atoms with Crippen molar-refractivity contribution in [3.8, 4) is 6.07 Å². The van der Waals surface area contributed by atoms with Crippen molar-refractivity contribution < 1.29 is 13.9 Å². The summed E-state index contributed by atoms with van der Waals surface area (Å²) in [5.41, 5.74) is -0.378. The Hall–Kier alpha value is -1.73. The van der Waals surface area contributed by atoms with E-state index in [2.05, 4.69) is 6.58 Å². The van der Waals surface area contributed by atoms with Crippen LogP contribution >= 0.6 is 0 Å². The van der Waals surface area contributed by atoms with Crippen molar-refractivity contribution in [2.75, 3.05) is 0 Å². The van der Waals surface area contributed by atoms with Crippen LogP contribution in [0.4, 0.5) is 8.78 Å². The minimum absolute atomic E-state index is 0.254. The minimum atomic E-state index is -1.11. The molecule has 0 bridgehead atoms. The third-order valence-electron chi connectivity index (χ3n) is 3.31. The van der Waals surface area contributed by atoms with E-state index in [1.54, 1.807) is 6.92 Å². The summed E-state index contributed by atoms with van der Waals surface area (Å²) in [6.45, 7) is 5.12. The molecule has 0 aliphatic heterocycles. The largest absolute Gasteiger partial charge is 0.389 e. The molecule has 0 amide bonds. The van der Waals surface area contributed by atoms with Gasteiger partial charge in [-0.15, -0.1) is 0 Å². The van der Waals surface area contributed by atoms with Crippen LogP contribution in [0.2, 0.25) is 0 Å². The second-order valence-electron chi connectivity index (χ2n) is 4.49. The van der Waals surface area contributed by atoms with Crippen LogP contribution in [-0.4, -0.2) is 10.7 Å². The smallest absolute Gasteiger partial charge is 0.159 e. The Labute approximate surface area is 97.8 Å². The third kappa shape index (κ3) is 1.73. The van der Waals surface area contributed by atoms with Gasteiger partial charge < -0.3 is 5.11 Å². The third-order valence-corrected chi connectivity index (χ3v) is 3.31. The number of nitriles is 1. The first kappa shape index (κ1) is 11.7. The molecule has 1 aliphatic carbocycles. The number of aliphatic hydroxyl groups is 1. The van der Waals surface area contributed by atoms with Crippen LogP contribution in [0, 0.1) is 28.9 Å². The first-order valence-corrected chi connectivity index (χ1v) is 5.15. The van der Waals surface area contributed by atoms with Gasteiger partial charge in [0.2, 0.25) is 0 Å². The summed E-state index contributed by atoms with van der Waals surface area (Å²) >= 11 is 0. The summed E-state index contributed by atoms with van der Waals surface area (Å²) in [5.74, 6) is -2.70. The van der Waals surface area contributed by atoms with Gasteiger partial charge in [0.25, 0.3) is 0 Å². The molecule has 0 radical (unpaired) electrons. The molecule has 17 heavy (non-hydrogen) atoms. The van der Waals surface area contributed by atoms with E-state index in [0.717, 1.165) is 12.1 Å². The molecule has 0 heterocycles. The van der Waals surface area contributed by atoms with Crippen LogP contribution in [0.3, 0.4) is 0 Å². The van der Waals surface area contributed by atoms with Gasteiger partial charge in [-0.3, -0.25) is 0 Å². The van der Waals surface area contributed by atoms with Gasteiger partial charge in [0.05, 0.1) is 11.7 Å². The molecule has 1 saturated carbocycles. The average Bonchev–Trinajstić information content (AvgIpc) is 2.84. The molecule has 4 heteroatoms. The summed E-state index contributed by atoms with van der Waals surface area (Å²) in [7, 11) is 0. The molecule has 3 atom stereocenters. The molecule has 1 fully saturated rings. The normalized spacial score (nSPS) is 30.8. The molecule has 1 aromatic carbocycles. The van der Waals surface area contributed by atoms with E-state index in [1.807, 2.05) is 6.07 Å². The van der Waals surface area contributed by atoms with Crippen molar-refractivity contribution in [1.82, 2.24) is 0 Å². The van der Waals surface area contributed by atoms with Crippen molar-refractivity contribution in [1.29, 1.82) is 5.26 Å². The quantitative estimate of drug-likeness (QED) is 0.800. The fraction of sp³-hybridized carbons (Fsp3) is 0.308. The maximum atomic E-state index is 13.1. The minimum Gasteiger partial charge on any atom is -0.389 e. The topological polar surface area (TPSA) is 44.0 Å². The first-order chi connectivity index (χ1) is 7.89. The molecule has 1 aliphatic rings. The summed E-state index contributed by atoms with van der Waals surface area (Å²) < 4.78 is 25.9. The molecular formula is C13H11F2NO. The SMILES string of the molecule is C=C(C#N)C1C(c2ccc(F)c(F)c2)C1(C)O. The summed E-state index contributed by atoms with van der Waals surface area (Å²) in [6.07, 6.45) is 0. The lowest BCUT2D eigenvalue weighted by Gasteiger charge is -2.02. The zero-order chi connectivity index (χ0) is 12.8. The van der Waals surface area contributed by atoms with Gasteiger partial charge in [0, 0.05) is 17.4 Å². The Bertz CT molecular complexity index is 531. The van der Waals surface area contributed by atoms with Crippen LogP contribution < -0.4 is 0 Å². The van der Waals surface area contributed by atoms with Crippen molar-refractivity contribution in [3.05, 3.63) is 47.5 Å². The van der Waals surface area contributed by atoms with Crippen LogP contribution in [0.1, 0.15) is 18.4 Å². The second-order valence-corrected chi connectivity index (χ2v) is 4.49. The number of hydrogen-bond donors (Lipinski definition) is 1. The lowest BCUT2D eigenvalue weighted by atomic mass is 10.1. The molecular weight excluding hydrogens is 224 g/mol.